The van der Waals surface area contributed by atoms with Gasteiger partial charge in [0.15, 0.2) is 0 Å². The van der Waals surface area contributed by atoms with Crippen molar-refractivity contribution in [2.75, 3.05) is 6.54 Å². The minimum absolute atomic E-state index is 0.229. The SMILES string of the molecule is CC(CNS(=O)(=O)C(C)C)Oc1ccc(-c2ccccc2Cl)cc1. The Morgan fingerprint density at radius 3 is 2.25 bits per heavy atom. The molecule has 0 spiro atoms. The molecule has 0 aliphatic heterocycles. The summed E-state index contributed by atoms with van der Waals surface area (Å²) in [4.78, 5) is 0. The Hall–Kier alpha value is -1.56. The molecule has 0 fully saturated rings. The second-order valence-electron chi connectivity index (χ2n) is 5.87. The highest BCUT2D eigenvalue weighted by Gasteiger charge is 2.16. The van der Waals surface area contributed by atoms with E-state index in [-0.39, 0.29) is 12.6 Å². The van der Waals surface area contributed by atoms with Crippen LogP contribution in [0.4, 0.5) is 0 Å². The highest BCUT2D eigenvalue weighted by Crippen LogP contribution is 2.28. The topological polar surface area (TPSA) is 55.4 Å². The van der Waals surface area contributed by atoms with E-state index in [1.165, 1.54) is 0 Å². The molecule has 1 atom stereocenters. The number of ether oxygens (including phenoxy) is 1. The fraction of sp³-hybridized carbons (Fsp3) is 0.333. The van der Waals surface area contributed by atoms with E-state index in [0.717, 1.165) is 11.1 Å². The molecule has 0 aromatic heterocycles. The summed E-state index contributed by atoms with van der Waals surface area (Å²) in [7, 11) is -3.28. The molecule has 0 aliphatic rings. The lowest BCUT2D eigenvalue weighted by Gasteiger charge is -2.17. The molecule has 0 saturated carbocycles. The molecule has 0 saturated heterocycles. The van der Waals surface area contributed by atoms with E-state index in [1.54, 1.807) is 13.8 Å². The first-order valence-electron chi connectivity index (χ1n) is 7.79. The van der Waals surface area contributed by atoms with Gasteiger partial charge in [0.2, 0.25) is 10.0 Å². The van der Waals surface area contributed by atoms with Gasteiger partial charge in [-0.15, -0.1) is 0 Å². The van der Waals surface area contributed by atoms with Gasteiger partial charge in [-0.1, -0.05) is 41.9 Å². The minimum atomic E-state index is -3.28. The van der Waals surface area contributed by atoms with Crippen molar-refractivity contribution >= 4 is 21.6 Å². The first-order chi connectivity index (χ1) is 11.3. The summed E-state index contributed by atoms with van der Waals surface area (Å²) in [6.07, 6.45) is -0.273. The third-order valence-corrected chi connectivity index (χ3v) is 5.71. The first kappa shape index (κ1) is 18.8. The van der Waals surface area contributed by atoms with Crippen molar-refractivity contribution < 1.29 is 13.2 Å². The van der Waals surface area contributed by atoms with Crippen LogP contribution in [0.15, 0.2) is 48.5 Å². The van der Waals surface area contributed by atoms with Crippen LogP contribution in [0.2, 0.25) is 5.02 Å². The van der Waals surface area contributed by atoms with Gasteiger partial charge in [0.05, 0.1) is 5.25 Å². The van der Waals surface area contributed by atoms with E-state index >= 15 is 0 Å². The maximum absolute atomic E-state index is 11.7. The number of nitrogens with one attached hydrogen (secondary N) is 1. The highest BCUT2D eigenvalue weighted by molar-refractivity contribution is 7.90. The van der Waals surface area contributed by atoms with Crippen molar-refractivity contribution in [1.82, 2.24) is 4.72 Å². The molecule has 0 bridgehead atoms. The van der Waals surface area contributed by atoms with Gasteiger partial charge in [0.25, 0.3) is 0 Å². The number of hydrogen-bond donors (Lipinski definition) is 1. The predicted octanol–water partition coefficient (Wildman–Crippen LogP) is 4.10. The molecule has 2 aromatic carbocycles. The average Bonchev–Trinajstić information content (AvgIpc) is 2.54. The molecule has 2 rings (SSSR count). The number of halogens is 1. The summed E-state index contributed by atoms with van der Waals surface area (Å²) in [5.74, 6) is 0.682. The fourth-order valence-corrected chi connectivity index (χ4v) is 3.13. The molecule has 1 N–H and O–H groups in total. The molecule has 0 heterocycles. The lowest BCUT2D eigenvalue weighted by atomic mass is 10.1. The number of rotatable bonds is 7. The molecule has 0 radical (unpaired) electrons. The molecule has 24 heavy (non-hydrogen) atoms. The zero-order valence-corrected chi connectivity index (χ0v) is 15.6. The Balaban J connectivity index is 1.98. The molecular formula is C18H22ClNO3S. The Morgan fingerprint density at radius 1 is 1.04 bits per heavy atom. The maximum Gasteiger partial charge on any atom is 0.214 e. The van der Waals surface area contributed by atoms with E-state index in [9.17, 15) is 8.42 Å². The molecule has 130 valence electrons. The normalized spacial score (nSPS) is 13.0. The van der Waals surface area contributed by atoms with Gasteiger partial charge in [-0.2, -0.15) is 0 Å². The van der Waals surface area contributed by atoms with Crippen molar-refractivity contribution in [2.45, 2.75) is 32.1 Å². The van der Waals surface area contributed by atoms with Crippen molar-refractivity contribution in [3.8, 4) is 16.9 Å². The summed E-state index contributed by atoms with van der Waals surface area (Å²) in [5.41, 5.74) is 1.96. The standard InChI is InChI=1S/C18H22ClNO3S/c1-13(2)24(21,22)20-12-14(3)23-16-10-8-15(9-11-16)17-6-4-5-7-18(17)19/h4-11,13-14,20H,12H2,1-3H3. The fourth-order valence-electron chi connectivity index (χ4n) is 2.08. The molecule has 4 nitrogen and oxygen atoms in total. The number of benzene rings is 2. The van der Waals surface area contributed by atoms with Crippen LogP contribution in [-0.4, -0.2) is 26.3 Å². The third-order valence-electron chi connectivity index (χ3n) is 3.57. The Bertz CT molecular complexity index is 773. The molecule has 0 amide bonds. The summed E-state index contributed by atoms with van der Waals surface area (Å²) >= 11 is 6.20. The largest absolute Gasteiger partial charge is 0.489 e. The monoisotopic (exact) mass is 367 g/mol. The van der Waals surface area contributed by atoms with Crippen LogP contribution < -0.4 is 9.46 Å². The lowest BCUT2D eigenvalue weighted by Crippen LogP contribution is -2.37. The van der Waals surface area contributed by atoms with Gasteiger partial charge in [0.1, 0.15) is 11.9 Å². The van der Waals surface area contributed by atoms with Crippen LogP contribution in [0.1, 0.15) is 20.8 Å². The van der Waals surface area contributed by atoms with Crippen molar-refractivity contribution in [2.24, 2.45) is 0 Å². The molecule has 1 unspecified atom stereocenters. The van der Waals surface area contributed by atoms with Gasteiger partial charge in [0, 0.05) is 17.1 Å². The summed E-state index contributed by atoms with van der Waals surface area (Å²) in [6.45, 7) is 5.33. The van der Waals surface area contributed by atoms with Gasteiger partial charge >= 0.3 is 0 Å². The molecular weight excluding hydrogens is 346 g/mol. The quantitative estimate of drug-likeness (QED) is 0.801. The van der Waals surface area contributed by atoms with E-state index < -0.39 is 15.3 Å². The Labute approximate surface area is 148 Å². The first-order valence-corrected chi connectivity index (χ1v) is 9.72. The highest BCUT2D eigenvalue weighted by atomic mass is 35.5. The van der Waals surface area contributed by atoms with E-state index in [1.807, 2.05) is 55.5 Å². The van der Waals surface area contributed by atoms with E-state index in [0.29, 0.717) is 10.8 Å². The molecule has 0 aliphatic carbocycles. The van der Waals surface area contributed by atoms with Crippen LogP contribution in [0.3, 0.4) is 0 Å². The van der Waals surface area contributed by atoms with Crippen LogP contribution >= 0.6 is 11.6 Å². The second kappa shape index (κ2) is 8.01. The smallest absolute Gasteiger partial charge is 0.214 e. The van der Waals surface area contributed by atoms with Gasteiger partial charge < -0.3 is 4.74 Å². The predicted molar refractivity (Wildman–Crippen MR) is 99.0 cm³/mol. The molecule has 6 heteroatoms. The summed E-state index contributed by atoms with van der Waals surface area (Å²) < 4.78 is 31.8. The van der Waals surface area contributed by atoms with Gasteiger partial charge in [-0.25, -0.2) is 13.1 Å². The van der Waals surface area contributed by atoms with Crippen LogP contribution in [0.5, 0.6) is 5.75 Å². The Morgan fingerprint density at radius 2 is 1.67 bits per heavy atom. The minimum Gasteiger partial charge on any atom is -0.489 e. The van der Waals surface area contributed by atoms with Crippen molar-refractivity contribution in [1.29, 1.82) is 0 Å². The third kappa shape index (κ3) is 4.97. The zero-order chi connectivity index (χ0) is 17.7. The molecule has 2 aromatic rings. The number of sulfonamides is 1. The number of hydrogen-bond acceptors (Lipinski definition) is 3. The van der Waals surface area contributed by atoms with Crippen LogP contribution in [0.25, 0.3) is 11.1 Å². The maximum atomic E-state index is 11.7. The van der Waals surface area contributed by atoms with Gasteiger partial charge in [-0.3, -0.25) is 0 Å². The summed E-state index contributed by atoms with van der Waals surface area (Å²) in [6, 6.07) is 15.2. The van der Waals surface area contributed by atoms with Crippen molar-refractivity contribution in [3.63, 3.8) is 0 Å². The zero-order valence-electron chi connectivity index (χ0n) is 14.0. The van der Waals surface area contributed by atoms with Crippen LogP contribution in [0, 0.1) is 0 Å². The lowest BCUT2D eigenvalue weighted by molar-refractivity contribution is 0.225. The Kier molecular flexibility index (Phi) is 6.27. The summed E-state index contributed by atoms with van der Waals surface area (Å²) in [5, 5.41) is 0.238. The van der Waals surface area contributed by atoms with Crippen LogP contribution in [-0.2, 0) is 10.0 Å². The second-order valence-corrected chi connectivity index (χ2v) is 8.60. The van der Waals surface area contributed by atoms with E-state index in [4.69, 9.17) is 16.3 Å². The van der Waals surface area contributed by atoms with E-state index in [2.05, 4.69) is 4.72 Å². The van der Waals surface area contributed by atoms with Crippen molar-refractivity contribution in [3.05, 3.63) is 53.6 Å². The van der Waals surface area contributed by atoms with Gasteiger partial charge in [-0.05, 0) is 44.5 Å². The average molecular weight is 368 g/mol.